The number of carbonyl (C=O) groups excluding carboxylic acids is 2. The average Bonchev–Trinajstić information content (AvgIpc) is 3.52. The van der Waals surface area contributed by atoms with E-state index >= 15 is 0 Å². The van der Waals surface area contributed by atoms with E-state index in [1.807, 2.05) is 30.5 Å². The molecule has 0 aliphatic heterocycles. The fraction of sp³-hybridized carbons (Fsp3) is 0.389. The number of carbonyl (C=O) groups is 2. The number of nitrogens with zero attached hydrogens (tertiary/aromatic N) is 2. The summed E-state index contributed by atoms with van der Waals surface area (Å²) in [5.41, 5.74) is 2.51. The summed E-state index contributed by atoms with van der Waals surface area (Å²) in [6.07, 6.45) is 7.82. The molecule has 4 rings (SSSR count). The quantitative estimate of drug-likeness (QED) is 0.850. The number of aromatic nitrogens is 2. The maximum atomic E-state index is 12.0. The minimum Gasteiger partial charge on any atom is -0.352 e. The van der Waals surface area contributed by atoms with Crippen LogP contribution in [0.1, 0.15) is 41.6 Å². The maximum Gasteiger partial charge on any atom is 0.251 e. The van der Waals surface area contributed by atoms with Gasteiger partial charge in [0.1, 0.15) is 0 Å². The van der Waals surface area contributed by atoms with Crippen molar-refractivity contribution in [3.8, 4) is 5.69 Å². The Balaban J connectivity index is 1.38. The molecule has 2 aliphatic carbocycles. The molecule has 0 unspecified atom stereocenters. The second-order valence-electron chi connectivity index (χ2n) is 6.58. The summed E-state index contributed by atoms with van der Waals surface area (Å²) in [4.78, 5) is 23.6. The first-order valence-corrected chi connectivity index (χ1v) is 8.41. The maximum absolute atomic E-state index is 12.0. The third-order valence-electron chi connectivity index (χ3n) is 4.36. The van der Waals surface area contributed by atoms with Gasteiger partial charge in [0.2, 0.25) is 5.91 Å². The molecule has 1 heterocycles. The lowest BCUT2D eigenvalue weighted by molar-refractivity contribution is -0.122. The lowest BCUT2D eigenvalue weighted by atomic mass is 10.2. The van der Waals surface area contributed by atoms with Gasteiger partial charge in [-0.2, -0.15) is 5.10 Å². The van der Waals surface area contributed by atoms with Gasteiger partial charge in [-0.25, -0.2) is 4.68 Å². The van der Waals surface area contributed by atoms with Crippen molar-refractivity contribution < 1.29 is 9.59 Å². The summed E-state index contributed by atoms with van der Waals surface area (Å²) in [6.45, 7) is 0.497. The minimum absolute atomic E-state index is 0.0204. The third kappa shape index (κ3) is 3.48. The van der Waals surface area contributed by atoms with E-state index in [-0.39, 0.29) is 17.7 Å². The number of nitrogens with one attached hydrogen (secondary N) is 2. The van der Waals surface area contributed by atoms with Gasteiger partial charge in [0, 0.05) is 35.8 Å². The zero-order valence-electron chi connectivity index (χ0n) is 13.4. The molecule has 2 fully saturated rings. The predicted octanol–water partition coefficient (Wildman–Crippen LogP) is 1.79. The molecule has 24 heavy (non-hydrogen) atoms. The highest BCUT2D eigenvalue weighted by atomic mass is 16.2. The van der Waals surface area contributed by atoms with Gasteiger partial charge in [-0.1, -0.05) is 0 Å². The summed E-state index contributed by atoms with van der Waals surface area (Å²) in [6, 6.07) is 7.73. The van der Waals surface area contributed by atoms with Crippen LogP contribution in [0.25, 0.3) is 5.69 Å². The van der Waals surface area contributed by atoms with E-state index in [0.717, 1.165) is 36.9 Å². The van der Waals surface area contributed by atoms with E-state index in [1.165, 1.54) is 0 Å². The second kappa shape index (κ2) is 6.11. The monoisotopic (exact) mass is 324 g/mol. The van der Waals surface area contributed by atoms with Crippen molar-refractivity contribution in [2.45, 2.75) is 38.3 Å². The van der Waals surface area contributed by atoms with Crippen molar-refractivity contribution in [1.82, 2.24) is 20.4 Å². The summed E-state index contributed by atoms with van der Waals surface area (Å²) in [5.74, 6) is 0.330. The first kappa shape index (κ1) is 14.9. The van der Waals surface area contributed by atoms with Gasteiger partial charge in [0.05, 0.1) is 11.9 Å². The summed E-state index contributed by atoms with van der Waals surface area (Å²) in [5, 5.41) is 10.2. The van der Waals surface area contributed by atoms with E-state index in [4.69, 9.17) is 0 Å². The van der Waals surface area contributed by atoms with Crippen molar-refractivity contribution >= 4 is 11.8 Å². The Kier molecular flexibility index (Phi) is 3.80. The molecule has 0 atom stereocenters. The fourth-order valence-electron chi connectivity index (χ4n) is 2.53. The van der Waals surface area contributed by atoms with Crippen LogP contribution in [-0.2, 0) is 11.3 Å². The van der Waals surface area contributed by atoms with Crippen LogP contribution < -0.4 is 10.6 Å². The highest BCUT2D eigenvalue weighted by molar-refractivity contribution is 5.94. The molecule has 1 aromatic heterocycles. The molecule has 124 valence electrons. The van der Waals surface area contributed by atoms with Crippen LogP contribution in [0.5, 0.6) is 0 Å². The number of hydrogen-bond acceptors (Lipinski definition) is 3. The Morgan fingerprint density at radius 2 is 1.88 bits per heavy atom. The van der Waals surface area contributed by atoms with Crippen molar-refractivity contribution in [1.29, 1.82) is 0 Å². The Hall–Kier alpha value is -2.63. The van der Waals surface area contributed by atoms with Crippen LogP contribution in [0.15, 0.2) is 36.7 Å². The Morgan fingerprint density at radius 1 is 1.12 bits per heavy atom. The van der Waals surface area contributed by atoms with E-state index in [0.29, 0.717) is 18.2 Å². The molecule has 0 spiro atoms. The third-order valence-corrected chi connectivity index (χ3v) is 4.36. The molecule has 2 amide bonds. The zero-order chi connectivity index (χ0) is 16.5. The Morgan fingerprint density at radius 3 is 2.54 bits per heavy atom. The Bertz CT molecular complexity index is 758. The highest BCUT2D eigenvalue weighted by Gasteiger charge is 2.29. The van der Waals surface area contributed by atoms with Crippen molar-refractivity contribution in [2.75, 3.05) is 0 Å². The van der Waals surface area contributed by atoms with E-state index in [1.54, 1.807) is 10.9 Å². The van der Waals surface area contributed by atoms with Crippen molar-refractivity contribution in [3.05, 3.63) is 47.8 Å². The summed E-state index contributed by atoms with van der Waals surface area (Å²) >= 11 is 0. The van der Waals surface area contributed by atoms with Gasteiger partial charge in [-0.3, -0.25) is 9.59 Å². The van der Waals surface area contributed by atoms with Crippen molar-refractivity contribution in [2.24, 2.45) is 5.92 Å². The number of benzene rings is 1. The van der Waals surface area contributed by atoms with Crippen LogP contribution >= 0.6 is 0 Å². The van der Waals surface area contributed by atoms with Gasteiger partial charge in [-0.05, 0) is 49.9 Å². The van der Waals surface area contributed by atoms with Gasteiger partial charge in [0.25, 0.3) is 5.91 Å². The lowest BCUT2D eigenvalue weighted by Crippen LogP contribution is -2.25. The smallest absolute Gasteiger partial charge is 0.251 e. The summed E-state index contributed by atoms with van der Waals surface area (Å²) in [7, 11) is 0. The molecule has 2 aromatic rings. The SMILES string of the molecule is O=C(NC1CC1)c1ccc(-n2cc(CNC(=O)C3CC3)cn2)cc1. The van der Waals surface area contributed by atoms with Crippen LogP contribution in [0.2, 0.25) is 0 Å². The molecular formula is C18H20N4O2. The van der Waals surface area contributed by atoms with Gasteiger partial charge >= 0.3 is 0 Å². The molecule has 2 saturated carbocycles. The fourth-order valence-corrected chi connectivity index (χ4v) is 2.53. The van der Waals surface area contributed by atoms with E-state index in [9.17, 15) is 9.59 Å². The minimum atomic E-state index is -0.0204. The molecular weight excluding hydrogens is 304 g/mol. The molecule has 6 heteroatoms. The second-order valence-corrected chi connectivity index (χ2v) is 6.58. The van der Waals surface area contributed by atoms with Gasteiger partial charge in [-0.15, -0.1) is 0 Å². The molecule has 0 saturated heterocycles. The van der Waals surface area contributed by atoms with Gasteiger partial charge in [0.15, 0.2) is 0 Å². The largest absolute Gasteiger partial charge is 0.352 e. The molecule has 6 nitrogen and oxygen atoms in total. The molecule has 2 aliphatic rings. The van der Waals surface area contributed by atoms with E-state index < -0.39 is 0 Å². The molecule has 0 radical (unpaired) electrons. The molecule has 1 aromatic carbocycles. The Labute approximate surface area is 140 Å². The standard InChI is InChI=1S/C18H20N4O2/c23-17(13-1-2-13)19-9-12-10-20-22(11-12)16-7-3-14(4-8-16)18(24)21-15-5-6-15/h3-4,7-8,10-11,13,15H,1-2,5-6,9H2,(H,19,23)(H,21,24). The summed E-state index contributed by atoms with van der Waals surface area (Å²) < 4.78 is 1.75. The number of amides is 2. The topological polar surface area (TPSA) is 76.0 Å². The normalized spacial score (nSPS) is 16.7. The first-order chi connectivity index (χ1) is 11.7. The van der Waals surface area contributed by atoms with Crippen LogP contribution in [-0.4, -0.2) is 27.6 Å². The number of rotatable bonds is 6. The van der Waals surface area contributed by atoms with Crippen molar-refractivity contribution in [3.63, 3.8) is 0 Å². The lowest BCUT2D eigenvalue weighted by Gasteiger charge is -2.05. The van der Waals surface area contributed by atoms with Crippen LogP contribution in [0.3, 0.4) is 0 Å². The predicted molar refractivity (Wildman–Crippen MR) is 88.6 cm³/mol. The number of hydrogen-bond donors (Lipinski definition) is 2. The van der Waals surface area contributed by atoms with Gasteiger partial charge < -0.3 is 10.6 Å². The highest BCUT2D eigenvalue weighted by Crippen LogP contribution is 2.28. The van der Waals surface area contributed by atoms with E-state index in [2.05, 4.69) is 15.7 Å². The van der Waals surface area contributed by atoms with Crippen LogP contribution in [0, 0.1) is 5.92 Å². The zero-order valence-corrected chi connectivity index (χ0v) is 13.4. The molecule has 2 N–H and O–H groups in total. The molecule has 0 bridgehead atoms. The van der Waals surface area contributed by atoms with Crippen LogP contribution in [0.4, 0.5) is 0 Å². The average molecular weight is 324 g/mol. The first-order valence-electron chi connectivity index (χ1n) is 8.41.